The van der Waals surface area contributed by atoms with Gasteiger partial charge in [0.1, 0.15) is 23.9 Å². The van der Waals surface area contributed by atoms with Gasteiger partial charge in [-0.25, -0.2) is 19.2 Å². The smallest absolute Gasteiger partial charge is 0.282 e. The molecule has 6 N–H and O–H groups in total. The molecule has 6 heterocycles. The predicted molar refractivity (Wildman–Crippen MR) is 157 cm³/mol. The number of aromatic nitrogens is 9. The normalized spacial score (nSPS) is 28.2. The first-order valence-corrected chi connectivity index (χ1v) is 15.1. The van der Waals surface area contributed by atoms with Crippen LogP contribution in [-0.2, 0) is 22.5 Å². The number of imidazole rings is 1. The number of thiol groups is 1. The van der Waals surface area contributed by atoms with Crippen molar-refractivity contribution in [3.63, 3.8) is 0 Å². The molecule has 6 rings (SSSR count). The first-order chi connectivity index (χ1) is 20.4. The van der Waals surface area contributed by atoms with E-state index in [1.54, 1.807) is 10.7 Å². The van der Waals surface area contributed by atoms with Crippen molar-refractivity contribution in [2.75, 3.05) is 31.3 Å². The number of hydrogen-bond acceptors (Lipinski definition) is 17. The third-order valence-corrected chi connectivity index (χ3v) is 9.54. The number of nitrogens with two attached hydrogens (primary N) is 2. The summed E-state index contributed by atoms with van der Waals surface area (Å²) in [6.07, 6.45) is 1.44. The molecule has 22 heteroatoms. The van der Waals surface area contributed by atoms with Gasteiger partial charge in [0.05, 0.1) is 49.2 Å². The molecule has 0 radical (unpaired) electrons. The topological polar surface area (TPSA) is 238 Å². The van der Waals surface area contributed by atoms with Crippen LogP contribution in [-0.4, -0.2) is 93.0 Å². The van der Waals surface area contributed by atoms with Gasteiger partial charge in [-0.2, -0.15) is 10.1 Å². The van der Waals surface area contributed by atoms with Crippen LogP contribution in [0.25, 0.3) is 16.8 Å². The summed E-state index contributed by atoms with van der Waals surface area (Å²) in [6, 6.07) is 0. The average molecular weight is 660 g/mol. The van der Waals surface area contributed by atoms with Crippen molar-refractivity contribution in [1.82, 2.24) is 44.5 Å². The fourth-order valence-corrected chi connectivity index (χ4v) is 7.70. The highest BCUT2D eigenvalue weighted by atomic mass is 32.2. The molecule has 0 aliphatic carbocycles. The van der Waals surface area contributed by atoms with Crippen LogP contribution >= 0.6 is 43.2 Å². The Bertz CT molecular complexity index is 1610. The van der Waals surface area contributed by atoms with Crippen LogP contribution in [0.5, 0.6) is 0 Å². The van der Waals surface area contributed by atoms with E-state index in [1.807, 2.05) is 0 Å². The van der Waals surface area contributed by atoms with Gasteiger partial charge in [-0.15, -0.1) is 16.9 Å². The summed E-state index contributed by atoms with van der Waals surface area (Å²) in [4.78, 5) is 27.0. The zero-order valence-corrected chi connectivity index (χ0v) is 25.5. The van der Waals surface area contributed by atoms with E-state index in [0.717, 1.165) is 5.69 Å². The molecule has 2 saturated heterocycles. The molecule has 0 amide bonds. The van der Waals surface area contributed by atoms with E-state index < -0.39 is 28.4 Å². The van der Waals surface area contributed by atoms with Gasteiger partial charge in [-0.05, 0) is 19.3 Å². The maximum atomic E-state index is 12.1. The Hall–Kier alpha value is -2.25. The van der Waals surface area contributed by atoms with E-state index in [-0.39, 0.29) is 56.7 Å². The van der Waals surface area contributed by atoms with Gasteiger partial charge in [-0.1, -0.05) is 5.21 Å². The quantitative estimate of drug-likeness (QED) is 0.0607. The lowest BCUT2D eigenvalue weighted by Crippen LogP contribution is -2.34. The summed E-state index contributed by atoms with van der Waals surface area (Å²) in [5.41, 5.74) is 12.5. The number of aliphatic hydroxyl groups is 1. The number of thioether (sulfide) groups is 1. The van der Waals surface area contributed by atoms with Crippen molar-refractivity contribution in [2.45, 2.75) is 41.5 Å². The summed E-state index contributed by atoms with van der Waals surface area (Å²) in [5, 5.41) is 22.1. The molecule has 2 unspecified atom stereocenters. The minimum absolute atomic E-state index is 0.0119. The Morgan fingerprint density at radius 3 is 2.90 bits per heavy atom. The third kappa shape index (κ3) is 5.68. The summed E-state index contributed by atoms with van der Waals surface area (Å²) in [6.45, 7) is 0.870. The number of H-pyrrole nitrogens is 1. The second-order valence-corrected chi connectivity index (χ2v) is 12.2. The summed E-state index contributed by atoms with van der Waals surface area (Å²) >= 11 is 5.27. The molecule has 2 fully saturated rings. The molecule has 2 aliphatic heterocycles. The third-order valence-electron chi connectivity index (χ3n) is 7.02. The Kier molecular flexibility index (Phi) is 9.06. The number of fused-ring (bicyclic) bond motifs is 2. The number of nitrogens with zero attached hydrogens (tertiary/aromatic N) is 8. The second kappa shape index (κ2) is 12.8. The van der Waals surface area contributed by atoms with Crippen molar-refractivity contribution in [3.05, 3.63) is 28.6 Å². The van der Waals surface area contributed by atoms with Gasteiger partial charge in [0, 0.05) is 15.4 Å². The molecule has 0 saturated carbocycles. The first-order valence-electron chi connectivity index (χ1n) is 12.5. The second-order valence-electron chi connectivity index (χ2n) is 9.54. The van der Waals surface area contributed by atoms with Crippen LogP contribution in [0.3, 0.4) is 0 Å². The fourth-order valence-electron chi connectivity index (χ4n) is 5.01. The monoisotopic (exact) mass is 659 g/mol. The number of aromatic amines is 1. The number of nitrogens with one attached hydrogen (secondary N) is 1. The molecule has 4 aromatic heterocycles. The van der Waals surface area contributed by atoms with Gasteiger partial charge in [0.2, 0.25) is 5.95 Å². The molecule has 0 aromatic carbocycles. The predicted octanol–water partition coefficient (Wildman–Crippen LogP) is -0.184. The fraction of sp³-hybridized carbons (Fsp3) is 0.550. The number of nitrogen functional groups attached to an aromatic ring is 2. The number of hydrogen-bond donors (Lipinski definition) is 5. The van der Waals surface area contributed by atoms with E-state index in [0.29, 0.717) is 25.3 Å². The molecule has 18 nitrogen and oxygen atoms in total. The van der Waals surface area contributed by atoms with E-state index in [9.17, 15) is 9.90 Å². The molecule has 4 aromatic rings. The van der Waals surface area contributed by atoms with Crippen molar-refractivity contribution in [1.29, 1.82) is 0 Å². The highest BCUT2D eigenvalue weighted by molar-refractivity contribution is 8.00. The van der Waals surface area contributed by atoms with Crippen molar-refractivity contribution in [3.8, 4) is 0 Å². The summed E-state index contributed by atoms with van der Waals surface area (Å²) < 4.78 is 31.5. The Morgan fingerprint density at radius 1 is 1.26 bits per heavy atom. The minimum Gasteiger partial charge on any atom is -0.389 e. The van der Waals surface area contributed by atoms with Gasteiger partial charge in [-0.3, -0.25) is 9.78 Å². The SMILES string of the molecule is Nc1nc2c(nnn2[C@@H]2S[C@H](COPOC[C@H]3C[C@H](c4cnc5c(N)ncnn45)O[C@@H]3COP)[C@@H](O)[C@H]2OS)c(=O)[nH]1. The molecule has 0 bridgehead atoms. The van der Waals surface area contributed by atoms with Gasteiger partial charge >= 0.3 is 0 Å². The van der Waals surface area contributed by atoms with Crippen LogP contribution in [0.1, 0.15) is 23.6 Å². The van der Waals surface area contributed by atoms with Crippen molar-refractivity contribution in [2.24, 2.45) is 5.92 Å². The van der Waals surface area contributed by atoms with E-state index in [4.69, 9.17) is 34.0 Å². The Morgan fingerprint density at radius 2 is 2.10 bits per heavy atom. The van der Waals surface area contributed by atoms with Crippen LogP contribution in [0.2, 0.25) is 0 Å². The minimum atomic E-state index is -0.961. The average Bonchev–Trinajstić information content (AvgIpc) is 3.74. The van der Waals surface area contributed by atoms with Gasteiger partial charge in [0.25, 0.3) is 5.56 Å². The van der Waals surface area contributed by atoms with Crippen LogP contribution in [0.15, 0.2) is 17.3 Å². The highest BCUT2D eigenvalue weighted by Gasteiger charge is 2.46. The zero-order chi connectivity index (χ0) is 29.4. The molecule has 2 aliphatic rings. The van der Waals surface area contributed by atoms with Crippen molar-refractivity contribution < 1.29 is 27.6 Å². The maximum absolute atomic E-state index is 12.1. The summed E-state index contributed by atoms with van der Waals surface area (Å²) in [5.74, 6) is 0.217. The van der Waals surface area contributed by atoms with E-state index >= 15 is 0 Å². The van der Waals surface area contributed by atoms with E-state index in [2.05, 4.69) is 57.7 Å². The number of anilines is 2. The Labute approximate surface area is 250 Å². The molecule has 42 heavy (non-hydrogen) atoms. The molecule has 226 valence electrons. The standard InChI is InChI=1S/C20H27N11O7P2S2/c21-15-17-23-2-8(30(17)25-6-24-15)9-1-7(10(37-9)4-34-39)3-35-40-36-5-11-13(32)14(38-41)19(42-11)31-16-12(28-29-31)18(33)27-20(22)26-16/h2,6-7,9-11,13-14,19,32,40-41H,1,3-5,39H2,(H2,21,24,25)(H3,22,26,27,33)/t7-,9-,10-,11-,13-,14-,19-/m1/s1. The van der Waals surface area contributed by atoms with Gasteiger partial charge < -0.3 is 39.1 Å². The van der Waals surface area contributed by atoms with Crippen molar-refractivity contribution >= 4 is 71.8 Å². The largest absolute Gasteiger partial charge is 0.389 e. The lowest BCUT2D eigenvalue weighted by Gasteiger charge is -2.19. The molecular weight excluding hydrogens is 632 g/mol. The first kappa shape index (κ1) is 29.8. The van der Waals surface area contributed by atoms with Crippen LogP contribution < -0.4 is 17.0 Å². The van der Waals surface area contributed by atoms with Gasteiger partial charge in [0.15, 0.2) is 31.7 Å². The Balaban J connectivity index is 1.04. The molecule has 0 spiro atoms. The number of aliphatic hydroxyl groups excluding tert-OH is 1. The molecule has 9 atom stereocenters. The highest BCUT2D eigenvalue weighted by Crippen LogP contribution is 2.45. The maximum Gasteiger partial charge on any atom is 0.282 e. The summed E-state index contributed by atoms with van der Waals surface area (Å²) in [7, 11) is 1.94. The number of ether oxygens (including phenoxy) is 1. The lowest BCUT2D eigenvalue weighted by molar-refractivity contribution is 0.00157. The lowest BCUT2D eigenvalue weighted by atomic mass is 10.00. The molecular formula is C20H27N11O7P2S2. The zero-order valence-electron chi connectivity index (χ0n) is 21.6. The number of rotatable bonds is 11. The van der Waals surface area contributed by atoms with Crippen LogP contribution in [0, 0.1) is 5.92 Å². The van der Waals surface area contributed by atoms with Crippen LogP contribution in [0.4, 0.5) is 11.8 Å². The van der Waals surface area contributed by atoms with E-state index in [1.165, 1.54) is 22.8 Å².